The number of ketones is 1. The zero-order chi connectivity index (χ0) is 10.8. The molecule has 0 radical (unpaired) electrons. The highest BCUT2D eigenvalue weighted by Gasteiger charge is 2.13. The van der Waals surface area contributed by atoms with Gasteiger partial charge < -0.3 is 0 Å². The normalized spacial score (nSPS) is 10.3. The number of aromatic nitrogens is 1. The SMILES string of the molecule is O=C(c1ccns1)c1ccc(Br)cc1Br. The molecule has 0 bridgehead atoms. The number of hydrogen-bond donors (Lipinski definition) is 0. The van der Waals surface area contributed by atoms with Crippen LogP contribution in [-0.4, -0.2) is 10.2 Å². The fraction of sp³-hybridized carbons (Fsp3) is 0. The highest BCUT2D eigenvalue weighted by Crippen LogP contribution is 2.24. The first-order valence-corrected chi connectivity index (χ1v) is 6.45. The van der Waals surface area contributed by atoms with Crippen LogP contribution in [0.1, 0.15) is 15.2 Å². The van der Waals surface area contributed by atoms with Gasteiger partial charge in [-0.2, -0.15) is 0 Å². The molecule has 2 nitrogen and oxygen atoms in total. The molecule has 0 aliphatic carbocycles. The summed E-state index contributed by atoms with van der Waals surface area (Å²) in [6.07, 6.45) is 1.63. The van der Waals surface area contributed by atoms with E-state index in [0.29, 0.717) is 10.4 Å². The molecule has 15 heavy (non-hydrogen) atoms. The Morgan fingerprint density at radius 2 is 2.07 bits per heavy atom. The van der Waals surface area contributed by atoms with Gasteiger partial charge in [0.15, 0.2) is 0 Å². The summed E-state index contributed by atoms with van der Waals surface area (Å²) in [6, 6.07) is 7.21. The van der Waals surface area contributed by atoms with Crippen LogP contribution in [0, 0.1) is 0 Å². The monoisotopic (exact) mass is 345 g/mol. The molecule has 0 saturated heterocycles. The second-order valence-corrected chi connectivity index (χ2v) is 5.43. The Balaban J connectivity index is 2.42. The lowest BCUT2D eigenvalue weighted by Gasteiger charge is -2.01. The lowest BCUT2D eigenvalue weighted by molar-refractivity contribution is 0.104. The quantitative estimate of drug-likeness (QED) is 0.772. The van der Waals surface area contributed by atoms with E-state index in [2.05, 4.69) is 36.2 Å². The van der Waals surface area contributed by atoms with Gasteiger partial charge in [-0.05, 0) is 51.7 Å². The predicted octanol–water partition coefficient (Wildman–Crippen LogP) is 3.90. The van der Waals surface area contributed by atoms with Gasteiger partial charge in [0.05, 0.1) is 4.88 Å². The van der Waals surface area contributed by atoms with Crippen LogP contribution >= 0.6 is 43.4 Å². The van der Waals surface area contributed by atoms with Crippen molar-refractivity contribution in [2.45, 2.75) is 0 Å². The minimum Gasteiger partial charge on any atom is -0.288 e. The lowest BCUT2D eigenvalue weighted by atomic mass is 10.1. The summed E-state index contributed by atoms with van der Waals surface area (Å²) in [6.45, 7) is 0. The molecule has 2 rings (SSSR count). The van der Waals surface area contributed by atoms with E-state index in [-0.39, 0.29) is 5.78 Å². The van der Waals surface area contributed by atoms with Gasteiger partial charge in [0.25, 0.3) is 0 Å². The number of benzene rings is 1. The Labute approximate surface area is 108 Å². The van der Waals surface area contributed by atoms with E-state index in [9.17, 15) is 4.79 Å². The van der Waals surface area contributed by atoms with Crippen molar-refractivity contribution in [1.29, 1.82) is 0 Å². The van der Waals surface area contributed by atoms with Crippen LogP contribution in [0.5, 0.6) is 0 Å². The third-order valence-corrected chi connectivity index (χ3v) is 3.73. The van der Waals surface area contributed by atoms with Gasteiger partial charge in [-0.15, -0.1) is 0 Å². The third kappa shape index (κ3) is 2.35. The summed E-state index contributed by atoms with van der Waals surface area (Å²) >= 11 is 7.92. The predicted molar refractivity (Wildman–Crippen MR) is 67.4 cm³/mol. The van der Waals surface area contributed by atoms with Crippen molar-refractivity contribution < 1.29 is 4.79 Å². The fourth-order valence-corrected chi connectivity index (χ4v) is 2.92. The van der Waals surface area contributed by atoms with Crippen molar-refractivity contribution in [3.05, 3.63) is 49.8 Å². The number of nitrogens with zero attached hydrogens (tertiary/aromatic N) is 1. The summed E-state index contributed by atoms with van der Waals surface area (Å²) in [4.78, 5) is 12.6. The molecule has 0 saturated carbocycles. The van der Waals surface area contributed by atoms with Crippen LogP contribution < -0.4 is 0 Å². The van der Waals surface area contributed by atoms with Crippen LogP contribution in [0.4, 0.5) is 0 Å². The second kappa shape index (κ2) is 4.55. The van der Waals surface area contributed by atoms with Crippen LogP contribution in [-0.2, 0) is 0 Å². The van der Waals surface area contributed by atoms with Gasteiger partial charge in [0.1, 0.15) is 0 Å². The van der Waals surface area contributed by atoms with Crippen LogP contribution in [0.2, 0.25) is 0 Å². The molecule has 0 N–H and O–H groups in total. The summed E-state index contributed by atoms with van der Waals surface area (Å²) in [5.74, 6) is -0.00289. The number of carbonyl (C=O) groups is 1. The summed E-state index contributed by atoms with van der Waals surface area (Å²) in [5.41, 5.74) is 0.655. The molecule has 5 heteroatoms. The molecule has 0 unspecified atom stereocenters. The van der Waals surface area contributed by atoms with E-state index in [1.807, 2.05) is 12.1 Å². The topological polar surface area (TPSA) is 30.0 Å². The molecule has 2 aromatic rings. The Bertz CT molecular complexity index is 496. The zero-order valence-electron chi connectivity index (χ0n) is 7.41. The molecule has 0 aliphatic rings. The molecular formula is C10H5Br2NOS. The molecule has 1 heterocycles. The van der Waals surface area contributed by atoms with Crippen molar-refractivity contribution in [3.8, 4) is 0 Å². The second-order valence-electron chi connectivity index (χ2n) is 2.83. The zero-order valence-corrected chi connectivity index (χ0v) is 11.4. The van der Waals surface area contributed by atoms with Crippen molar-refractivity contribution in [2.75, 3.05) is 0 Å². The van der Waals surface area contributed by atoms with Crippen LogP contribution in [0.15, 0.2) is 39.4 Å². The highest BCUT2D eigenvalue weighted by atomic mass is 79.9. The van der Waals surface area contributed by atoms with E-state index >= 15 is 0 Å². The smallest absolute Gasteiger partial charge is 0.205 e. The van der Waals surface area contributed by atoms with Crippen molar-refractivity contribution >= 4 is 49.2 Å². The Morgan fingerprint density at radius 3 is 2.67 bits per heavy atom. The first kappa shape index (κ1) is 11.0. The van der Waals surface area contributed by atoms with E-state index < -0.39 is 0 Å². The summed E-state index contributed by atoms with van der Waals surface area (Å²) < 4.78 is 5.64. The van der Waals surface area contributed by atoms with Gasteiger partial charge in [-0.25, -0.2) is 4.37 Å². The van der Waals surface area contributed by atoms with E-state index in [1.165, 1.54) is 11.5 Å². The lowest BCUT2D eigenvalue weighted by Crippen LogP contribution is -1.99. The minimum absolute atomic E-state index is 0.00289. The van der Waals surface area contributed by atoms with Crippen molar-refractivity contribution in [3.63, 3.8) is 0 Å². The summed E-state index contributed by atoms with van der Waals surface area (Å²) in [7, 11) is 0. The largest absolute Gasteiger partial charge is 0.288 e. The first-order chi connectivity index (χ1) is 7.18. The molecule has 0 fully saturated rings. The average Bonchev–Trinajstić information content (AvgIpc) is 2.69. The maximum absolute atomic E-state index is 12.0. The Morgan fingerprint density at radius 1 is 1.27 bits per heavy atom. The van der Waals surface area contributed by atoms with E-state index in [1.54, 1.807) is 18.3 Å². The Kier molecular flexibility index (Phi) is 3.33. The van der Waals surface area contributed by atoms with Crippen LogP contribution in [0.25, 0.3) is 0 Å². The van der Waals surface area contributed by atoms with Gasteiger partial charge in [-0.3, -0.25) is 4.79 Å². The van der Waals surface area contributed by atoms with Gasteiger partial charge in [-0.1, -0.05) is 15.9 Å². The summed E-state index contributed by atoms with van der Waals surface area (Å²) in [5, 5.41) is 0. The molecule has 76 valence electrons. The third-order valence-electron chi connectivity index (χ3n) is 1.84. The number of rotatable bonds is 2. The maximum atomic E-state index is 12.0. The fourth-order valence-electron chi connectivity index (χ4n) is 1.14. The molecule has 1 aromatic carbocycles. The van der Waals surface area contributed by atoms with Gasteiger partial charge in [0, 0.05) is 20.7 Å². The Hall–Kier alpha value is -0.520. The molecule has 0 atom stereocenters. The van der Waals surface area contributed by atoms with Gasteiger partial charge in [0.2, 0.25) is 5.78 Å². The van der Waals surface area contributed by atoms with Crippen LogP contribution in [0.3, 0.4) is 0 Å². The van der Waals surface area contributed by atoms with Crippen molar-refractivity contribution in [2.24, 2.45) is 0 Å². The first-order valence-electron chi connectivity index (χ1n) is 4.09. The van der Waals surface area contributed by atoms with E-state index in [4.69, 9.17) is 0 Å². The standard InChI is InChI=1S/C10H5Br2NOS/c11-6-1-2-7(8(12)5-6)10(14)9-3-4-13-15-9/h1-5H. The van der Waals surface area contributed by atoms with Crippen molar-refractivity contribution in [1.82, 2.24) is 4.37 Å². The molecule has 1 aromatic heterocycles. The molecule has 0 spiro atoms. The molecule has 0 aliphatic heterocycles. The maximum Gasteiger partial charge on any atom is 0.205 e. The average molecular weight is 347 g/mol. The van der Waals surface area contributed by atoms with Gasteiger partial charge >= 0.3 is 0 Å². The minimum atomic E-state index is -0.00289. The number of halogens is 2. The molecule has 0 amide bonds. The number of hydrogen-bond acceptors (Lipinski definition) is 3. The number of carbonyl (C=O) groups excluding carboxylic acids is 1. The molecular weight excluding hydrogens is 342 g/mol. The van der Waals surface area contributed by atoms with E-state index in [0.717, 1.165) is 8.95 Å². The highest BCUT2D eigenvalue weighted by molar-refractivity contribution is 9.11.